The van der Waals surface area contributed by atoms with Gasteiger partial charge in [-0.3, -0.25) is 15.0 Å². The molecular weight excluding hydrogens is 493 g/mol. The number of amides is 2. The van der Waals surface area contributed by atoms with Crippen molar-refractivity contribution >= 4 is 40.6 Å². The van der Waals surface area contributed by atoms with Gasteiger partial charge in [-0.2, -0.15) is 13.2 Å². The van der Waals surface area contributed by atoms with Gasteiger partial charge in [-0.15, -0.1) is 0 Å². The fourth-order valence-electron chi connectivity index (χ4n) is 4.36. The van der Waals surface area contributed by atoms with Crippen molar-refractivity contribution in [3.05, 3.63) is 89.0 Å². The van der Waals surface area contributed by atoms with Crippen LogP contribution in [0.15, 0.2) is 66.7 Å². The van der Waals surface area contributed by atoms with Gasteiger partial charge in [0.05, 0.1) is 11.0 Å². The highest BCUT2D eigenvalue weighted by Gasteiger charge is 2.58. The molecule has 1 atom stereocenters. The summed E-state index contributed by atoms with van der Waals surface area (Å²) >= 11 is 0. The van der Waals surface area contributed by atoms with E-state index in [2.05, 4.69) is 15.3 Å². The number of anilines is 2. The summed E-state index contributed by atoms with van der Waals surface area (Å²) in [6, 6.07) is 16.5. The van der Waals surface area contributed by atoms with Crippen LogP contribution < -0.4 is 10.2 Å². The van der Waals surface area contributed by atoms with Gasteiger partial charge in [0, 0.05) is 22.4 Å². The summed E-state index contributed by atoms with van der Waals surface area (Å²) in [4.78, 5) is 44.9. The van der Waals surface area contributed by atoms with Crippen LogP contribution in [0.4, 0.5) is 29.6 Å². The molecule has 37 heavy (non-hydrogen) atoms. The predicted molar refractivity (Wildman–Crippen MR) is 125 cm³/mol. The van der Waals surface area contributed by atoms with Crippen LogP contribution >= 0.6 is 0 Å². The number of aryl methyl sites for hydroxylation is 1. The summed E-state index contributed by atoms with van der Waals surface area (Å²) in [6.07, 6.45) is -6.74. The minimum atomic E-state index is -5.36. The third-order valence-corrected chi connectivity index (χ3v) is 5.90. The Morgan fingerprint density at radius 2 is 1.78 bits per heavy atom. The summed E-state index contributed by atoms with van der Waals surface area (Å²) in [6.45, 7) is 1.80. The molecule has 0 aliphatic carbocycles. The number of carbonyl (C=O) groups excluding carboxylic acids is 2. The minimum Gasteiger partial charge on any atom is -0.465 e. The molecule has 0 spiro atoms. The highest BCUT2D eigenvalue weighted by Crippen LogP contribution is 2.49. The Bertz CT molecular complexity index is 1560. The molecule has 12 heteroatoms. The molecule has 9 nitrogen and oxygen atoms in total. The molecule has 3 aromatic carbocycles. The first-order valence-electron chi connectivity index (χ1n) is 10.8. The lowest BCUT2D eigenvalue weighted by Gasteiger charge is -2.38. The Morgan fingerprint density at radius 1 is 1.08 bits per heavy atom. The standard InChI is InChI=1S/C25H17F3N4O5/c1-13-6-9-15(10-7-13)32-20(33)16-4-2-3-5-17(16)24(32,37-21(34)25(26,27)28)14-8-11-18-19(12-14)30-22(29-18)31-23(35)36/h2-12H,1H3,(H,35,36)(H2,29,30,31). The second kappa shape index (κ2) is 8.36. The molecule has 2 heterocycles. The van der Waals surface area contributed by atoms with Crippen LogP contribution in [0.1, 0.15) is 27.0 Å². The Morgan fingerprint density at radius 3 is 2.46 bits per heavy atom. The number of carboxylic acid groups (broad SMARTS) is 1. The van der Waals surface area contributed by atoms with Gasteiger partial charge in [-0.1, -0.05) is 42.0 Å². The molecule has 0 radical (unpaired) electrons. The molecule has 1 unspecified atom stereocenters. The van der Waals surface area contributed by atoms with Crippen LogP contribution in [0, 0.1) is 6.92 Å². The number of aromatic amines is 1. The molecule has 1 aromatic heterocycles. The normalized spacial score (nSPS) is 17.1. The molecule has 0 saturated heterocycles. The molecular formula is C25H17F3N4O5. The monoisotopic (exact) mass is 510 g/mol. The number of aromatic nitrogens is 2. The lowest BCUT2D eigenvalue weighted by molar-refractivity contribution is -0.211. The summed E-state index contributed by atoms with van der Waals surface area (Å²) in [5.74, 6) is -3.30. The van der Waals surface area contributed by atoms with E-state index in [-0.39, 0.29) is 33.8 Å². The first-order chi connectivity index (χ1) is 17.5. The fraction of sp³-hybridized carbons (Fsp3) is 0.120. The molecule has 5 rings (SSSR count). The van der Waals surface area contributed by atoms with Gasteiger partial charge in [0.2, 0.25) is 11.7 Å². The first kappa shape index (κ1) is 23.9. The van der Waals surface area contributed by atoms with Crippen molar-refractivity contribution in [2.24, 2.45) is 0 Å². The Hall–Kier alpha value is -4.87. The van der Waals surface area contributed by atoms with Gasteiger partial charge in [-0.05, 0) is 37.3 Å². The number of carbonyl (C=O) groups is 3. The topological polar surface area (TPSA) is 125 Å². The molecule has 4 aromatic rings. The number of benzene rings is 3. The lowest BCUT2D eigenvalue weighted by atomic mass is 9.92. The Labute approximate surface area is 206 Å². The molecule has 3 N–H and O–H groups in total. The summed E-state index contributed by atoms with van der Waals surface area (Å²) in [5.41, 5.74) is -0.744. The number of nitrogens with zero attached hydrogens (tertiary/aromatic N) is 2. The quantitative estimate of drug-likeness (QED) is 0.335. The summed E-state index contributed by atoms with van der Waals surface area (Å²) in [7, 11) is 0. The summed E-state index contributed by atoms with van der Waals surface area (Å²) in [5, 5.41) is 11.0. The molecule has 1 aliphatic rings. The number of ether oxygens (including phenoxy) is 1. The van der Waals surface area contributed by atoms with Crippen molar-refractivity contribution < 1.29 is 37.4 Å². The van der Waals surface area contributed by atoms with Crippen molar-refractivity contribution in [2.45, 2.75) is 18.8 Å². The van der Waals surface area contributed by atoms with Crippen LogP contribution in [-0.2, 0) is 15.3 Å². The van der Waals surface area contributed by atoms with Crippen molar-refractivity contribution in [2.75, 3.05) is 10.2 Å². The minimum absolute atomic E-state index is 0.00940. The van der Waals surface area contributed by atoms with E-state index in [4.69, 9.17) is 9.84 Å². The molecule has 1 aliphatic heterocycles. The van der Waals surface area contributed by atoms with Gasteiger partial charge in [0.1, 0.15) is 0 Å². The fourth-order valence-corrected chi connectivity index (χ4v) is 4.36. The lowest BCUT2D eigenvalue weighted by Crippen LogP contribution is -2.50. The van der Waals surface area contributed by atoms with E-state index >= 15 is 0 Å². The van der Waals surface area contributed by atoms with Crippen molar-refractivity contribution in [1.29, 1.82) is 0 Å². The van der Waals surface area contributed by atoms with Gasteiger partial charge in [0.15, 0.2) is 0 Å². The van der Waals surface area contributed by atoms with E-state index < -0.39 is 29.9 Å². The van der Waals surface area contributed by atoms with E-state index in [0.717, 1.165) is 10.5 Å². The zero-order valence-corrected chi connectivity index (χ0v) is 19.0. The second-order valence-electron chi connectivity index (χ2n) is 8.30. The Kier molecular flexibility index (Phi) is 5.39. The number of imidazole rings is 1. The average molecular weight is 510 g/mol. The maximum Gasteiger partial charge on any atom is 0.491 e. The van der Waals surface area contributed by atoms with Crippen LogP contribution in [0.3, 0.4) is 0 Å². The maximum absolute atomic E-state index is 13.6. The summed E-state index contributed by atoms with van der Waals surface area (Å²) < 4.78 is 45.9. The maximum atomic E-state index is 13.6. The number of H-pyrrole nitrogens is 1. The smallest absolute Gasteiger partial charge is 0.465 e. The molecule has 0 bridgehead atoms. The third kappa shape index (κ3) is 3.92. The zero-order chi connectivity index (χ0) is 26.5. The van der Waals surface area contributed by atoms with Crippen molar-refractivity contribution in [1.82, 2.24) is 9.97 Å². The SMILES string of the molecule is Cc1ccc(N2C(=O)c3ccccc3C2(OC(=O)C(F)(F)F)c2ccc3[nH]c(NC(=O)O)nc3c2)cc1. The van der Waals surface area contributed by atoms with Gasteiger partial charge < -0.3 is 14.8 Å². The van der Waals surface area contributed by atoms with Crippen LogP contribution in [0.25, 0.3) is 11.0 Å². The molecule has 0 fully saturated rings. The number of rotatable bonds is 4. The zero-order valence-electron chi connectivity index (χ0n) is 19.0. The Balaban J connectivity index is 1.80. The number of hydrogen-bond donors (Lipinski definition) is 3. The van der Waals surface area contributed by atoms with Crippen molar-refractivity contribution in [3.63, 3.8) is 0 Å². The number of fused-ring (bicyclic) bond motifs is 2. The number of nitrogens with one attached hydrogen (secondary N) is 2. The second-order valence-corrected chi connectivity index (χ2v) is 8.30. The largest absolute Gasteiger partial charge is 0.491 e. The van der Waals surface area contributed by atoms with Gasteiger partial charge >= 0.3 is 18.2 Å². The number of alkyl halides is 3. The predicted octanol–water partition coefficient (Wildman–Crippen LogP) is 4.93. The number of esters is 1. The highest BCUT2D eigenvalue weighted by atomic mass is 19.4. The molecule has 2 amide bonds. The van der Waals surface area contributed by atoms with Crippen LogP contribution in [-0.4, -0.2) is 39.2 Å². The van der Waals surface area contributed by atoms with E-state index in [1.165, 1.54) is 48.5 Å². The van der Waals surface area contributed by atoms with Gasteiger partial charge in [-0.25, -0.2) is 14.6 Å². The molecule has 188 valence electrons. The van der Waals surface area contributed by atoms with Gasteiger partial charge in [0.25, 0.3) is 5.91 Å². The number of hydrogen-bond acceptors (Lipinski definition) is 5. The first-order valence-corrected chi connectivity index (χ1v) is 10.8. The average Bonchev–Trinajstić information content (AvgIpc) is 3.35. The van der Waals surface area contributed by atoms with E-state index in [1.54, 1.807) is 25.1 Å². The molecule has 0 saturated carbocycles. The van der Waals surface area contributed by atoms with Crippen molar-refractivity contribution in [3.8, 4) is 0 Å². The highest BCUT2D eigenvalue weighted by molar-refractivity contribution is 6.13. The van der Waals surface area contributed by atoms with E-state index in [9.17, 15) is 27.6 Å². The van der Waals surface area contributed by atoms with E-state index in [1.807, 2.05) is 0 Å². The van der Waals surface area contributed by atoms with E-state index in [0.29, 0.717) is 5.52 Å². The third-order valence-electron chi connectivity index (χ3n) is 5.90. The van der Waals surface area contributed by atoms with Crippen LogP contribution in [0.5, 0.6) is 0 Å². The van der Waals surface area contributed by atoms with Crippen LogP contribution in [0.2, 0.25) is 0 Å². The number of halogens is 3.